The zero-order chi connectivity index (χ0) is 9.14. The smallest absolute Gasteiger partial charge is 0.128 e. The molecule has 0 fully saturated rings. The summed E-state index contributed by atoms with van der Waals surface area (Å²) in [7, 11) is 0. The molecule has 1 nitrogen and oxygen atoms in total. The first kappa shape index (κ1) is 9.13. The molecule has 1 aromatic carbocycles. The summed E-state index contributed by atoms with van der Waals surface area (Å²) in [6, 6.07) is 2.91. The SMILES string of the molecule is CC[C@H](N)c1cc(F)ccc1F. The molecule has 0 aliphatic rings. The molecule has 0 aliphatic heterocycles. The van der Waals surface area contributed by atoms with Crippen LogP contribution in [0.5, 0.6) is 0 Å². The van der Waals surface area contributed by atoms with Gasteiger partial charge in [0.2, 0.25) is 0 Å². The van der Waals surface area contributed by atoms with Gasteiger partial charge < -0.3 is 5.73 Å². The molecule has 0 aliphatic carbocycles. The van der Waals surface area contributed by atoms with Crippen molar-refractivity contribution in [1.29, 1.82) is 0 Å². The van der Waals surface area contributed by atoms with Crippen molar-refractivity contribution in [3.8, 4) is 0 Å². The summed E-state index contributed by atoms with van der Waals surface area (Å²) in [6.07, 6.45) is 0.598. The molecule has 0 spiro atoms. The van der Waals surface area contributed by atoms with E-state index in [-0.39, 0.29) is 5.56 Å². The Morgan fingerprint density at radius 2 is 2.08 bits per heavy atom. The summed E-state index contributed by atoms with van der Waals surface area (Å²) in [5.74, 6) is -0.888. The maximum atomic E-state index is 13.0. The van der Waals surface area contributed by atoms with Crippen molar-refractivity contribution in [2.24, 2.45) is 5.73 Å². The summed E-state index contributed by atoms with van der Waals surface area (Å²) in [4.78, 5) is 0. The van der Waals surface area contributed by atoms with Crippen molar-refractivity contribution >= 4 is 0 Å². The van der Waals surface area contributed by atoms with Gasteiger partial charge in [-0.15, -0.1) is 0 Å². The average molecular weight is 171 g/mol. The number of halogens is 2. The Morgan fingerprint density at radius 1 is 1.42 bits per heavy atom. The van der Waals surface area contributed by atoms with Crippen LogP contribution in [0.2, 0.25) is 0 Å². The third-order valence-electron chi connectivity index (χ3n) is 1.80. The lowest BCUT2D eigenvalue weighted by Crippen LogP contribution is -2.10. The summed E-state index contributed by atoms with van der Waals surface area (Å²) < 4.78 is 25.6. The minimum Gasteiger partial charge on any atom is -0.324 e. The second-order valence-corrected chi connectivity index (χ2v) is 2.68. The minimum atomic E-state index is -0.449. The normalized spacial score (nSPS) is 13.0. The van der Waals surface area contributed by atoms with E-state index in [1.54, 1.807) is 0 Å². The van der Waals surface area contributed by atoms with Crippen LogP contribution in [-0.2, 0) is 0 Å². The zero-order valence-corrected chi connectivity index (χ0v) is 6.85. The Morgan fingerprint density at radius 3 is 2.67 bits per heavy atom. The molecule has 1 rings (SSSR count). The Hall–Kier alpha value is -0.960. The van der Waals surface area contributed by atoms with Gasteiger partial charge in [0.25, 0.3) is 0 Å². The molecular weight excluding hydrogens is 160 g/mol. The molecule has 1 atom stereocenters. The van der Waals surface area contributed by atoms with Gasteiger partial charge in [0, 0.05) is 11.6 Å². The van der Waals surface area contributed by atoms with E-state index in [4.69, 9.17) is 5.73 Å². The van der Waals surface area contributed by atoms with E-state index < -0.39 is 17.7 Å². The van der Waals surface area contributed by atoms with Crippen LogP contribution in [0.15, 0.2) is 18.2 Å². The van der Waals surface area contributed by atoms with Crippen LogP contribution in [0.25, 0.3) is 0 Å². The highest BCUT2D eigenvalue weighted by Crippen LogP contribution is 2.18. The Labute approximate surface area is 70.2 Å². The Balaban J connectivity index is 3.04. The van der Waals surface area contributed by atoms with Crippen molar-refractivity contribution in [1.82, 2.24) is 0 Å². The fourth-order valence-corrected chi connectivity index (χ4v) is 1.02. The van der Waals surface area contributed by atoms with E-state index in [1.165, 1.54) is 0 Å². The first-order valence-electron chi connectivity index (χ1n) is 3.85. The first-order chi connectivity index (χ1) is 5.65. The number of rotatable bonds is 2. The van der Waals surface area contributed by atoms with Gasteiger partial charge >= 0.3 is 0 Å². The fraction of sp³-hybridized carbons (Fsp3) is 0.333. The molecule has 0 unspecified atom stereocenters. The molecule has 0 heterocycles. The number of benzene rings is 1. The van der Waals surface area contributed by atoms with Crippen LogP contribution in [-0.4, -0.2) is 0 Å². The van der Waals surface area contributed by atoms with Gasteiger partial charge in [0.15, 0.2) is 0 Å². The van der Waals surface area contributed by atoms with Crippen molar-refractivity contribution in [3.63, 3.8) is 0 Å². The van der Waals surface area contributed by atoms with E-state index in [2.05, 4.69) is 0 Å². The highest BCUT2D eigenvalue weighted by atomic mass is 19.1. The fourth-order valence-electron chi connectivity index (χ4n) is 1.02. The molecule has 12 heavy (non-hydrogen) atoms. The van der Waals surface area contributed by atoms with Gasteiger partial charge in [0.1, 0.15) is 11.6 Å². The van der Waals surface area contributed by atoms with Gasteiger partial charge in [-0.1, -0.05) is 6.92 Å². The molecule has 0 saturated carbocycles. The summed E-state index contributed by atoms with van der Waals surface area (Å²) in [6.45, 7) is 1.83. The Bertz CT molecular complexity index is 273. The molecule has 0 radical (unpaired) electrons. The third-order valence-corrected chi connectivity index (χ3v) is 1.80. The second-order valence-electron chi connectivity index (χ2n) is 2.68. The quantitative estimate of drug-likeness (QED) is 0.726. The van der Waals surface area contributed by atoms with Crippen LogP contribution in [0.3, 0.4) is 0 Å². The highest BCUT2D eigenvalue weighted by molar-refractivity contribution is 5.21. The van der Waals surface area contributed by atoms with E-state index >= 15 is 0 Å². The summed E-state index contributed by atoms with van der Waals surface area (Å²) in [5, 5.41) is 0. The molecule has 66 valence electrons. The van der Waals surface area contributed by atoms with Crippen molar-refractivity contribution < 1.29 is 8.78 Å². The lowest BCUT2D eigenvalue weighted by atomic mass is 10.1. The van der Waals surface area contributed by atoms with Gasteiger partial charge in [-0.25, -0.2) is 8.78 Å². The predicted octanol–water partition coefficient (Wildman–Crippen LogP) is 2.37. The van der Waals surface area contributed by atoms with Crippen molar-refractivity contribution in [2.45, 2.75) is 19.4 Å². The Kier molecular flexibility index (Phi) is 2.76. The molecule has 3 heteroatoms. The van der Waals surface area contributed by atoms with E-state index in [0.717, 1.165) is 18.2 Å². The lowest BCUT2D eigenvalue weighted by Gasteiger charge is -2.09. The minimum absolute atomic E-state index is 0.248. The predicted molar refractivity (Wildman–Crippen MR) is 43.6 cm³/mol. The second kappa shape index (κ2) is 3.63. The van der Waals surface area contributed by atoms with Gasteiger partial charge in [-0.3, -0.25) is 0 Å². The summed E-state index contributed by atoms with van der Waals surface area (Å²) in [5.41, 5.74) is 5.80. The molecule has 2 N–H and O–H groups in total. The monoisotopic (exact) mass is 171 g/mol. The third kappa shape index (κ3) is 1.80. The number of nitrogens with two attached hydrogens (primary N) is 1. The zero-order valence-electron chi connectivity index (χ0n) is 6.85. The molecule has 0 amide bonds. The van der Waals surface area contributed by atoms with E-state index in [1.807, 2.05) is 6.92 Å². The number of hydrogen-bond acceptors (Lipinski definition) is 1. The molecule has 0 aromatic heterocycles. The van der Waals surface area contributed by atoms with Crippen LogP contribution in [0.1, 0.15) is 24.9 Å². The van der Waals surface area contributed by atoms with Crippen LogP contribution in [0, 0.1) is 11.6 Å². The molecule has 1 aromatic rings. The summed E-state index contributed by atoms with van der Waals surface area (Å²) >= 11 is 0. The molecule has 0 bridgehead atoms. The molecular formula is C9H11F2N. The molecule has 0 saturated heterocycles. The average Bonchev–Trinajstić information content (AvgIpc) is 2.08. The maximum Gasteiger partial charge on any atom is 0.128 e. The largest absolute Gasteiger partial charge is 0.324 e. The van der Waals surface area contributed by atoms with Crippen molar-refractivity contribution in [3.05, 3.63) is 35.4 Å². The van der Waals surface area contributed by atoms with Crippen LogP contribution < -0.4 is 5.73 Å². The lowest BCUT2D eigenvalue weighted by molar-refractivity contribution is 0.557. The van der Waals surface area contributed by atoms with Gasteiger partial charge in [0.05, 0.1) is 0 Å². The van der Waals surface area contributed by atoms with Crippen LogP contribution in [0.4, 0.5) is 8.78 Å². The van der Waals surface area contributed by atoms with Crippen molar-refractivity contribution in [2.75, 3.05) is 0 Å². The maximum absolute atomic E-state index is 13.0. The van der Waals surface area contributed by atoms with E-state index in [9.17, 15) is 8.78 Å². The highest BCUT2D eigenvalue weighted by Gasteiger charge is 2.09. The first-order valence-corrected chi connectivity index (χ1v) is 3.85. The topological polar surface area (TPSA) is 26.0 Å². The number of hydrogen-bond donors (Lipinski definition) is 1. The van der Waals surface area contributed by atoms with Gasteiger partial charge in [-0.2, -0.15) is 0 Å². The van der Waals surface area contributed by atoms with Gasteiger partial charge in [-0.05, 0) is 24.6 Å². The van der Waals surface area contributed by atoms with Crippen LogP contribution >= 0.6 is 0 Å². The van der Waals surface area contributed by atoms with E-state index in [0.29, 0.717) is 6.42 Å². The standard InChI is InChI=1S/C9H11F2N/c1-2-9(12)7-5-6(10)3-4-8(7)11/h3-5,9H,2,12H2,1H3/t9-/m0/s1.